The van der Waals surface area contributed by atoms with Crippen molar-refractivity contribution in [3.8, 4) is 5.75 Å². The molecular weight excluding hydrogens is 503 g/mol. The van der Waals surface area contributed by atoms with Gasteiger partial charge in [-0.25, -0.2) is 4.99 Å². The van der Waals surface area contributed by atoms with Gasteiger partial charge in [0.15, 0.2) is 5.96 Å². The molecule has 0 atom stereocenters. The maximum Gasteiger partial charge on any atom is 0.253 e. The summed E-state index contributed by atoms with van der Waals surface area (Å²) in [4.78, 5) is 18.2. The van der Waals surface area contributed by atoms with E-state index >= 15 is 0 Å². The van der Waals surface area contributed by atoms with E-state index in [4.69, 9.17) is 4.74 Å². The summed E-state index contributed by atoms with van der Waals surface area (Å²) in [5, 5.41) is 6.65. The number of benzene rings is 2. The Morgan fingerprint density at radius 2 is 1.74 bits per heavy atom. The number of para-hydroxylation sites is 1. The Bertz CT molecular complexity index is 836. The fourth-order valence-corrected chi connectivity index (χ4v) is 2.75. The largest absolute Gasteiger partial charge is 0.493 e. The Kier molecular flexibility index (Phi) is 12.0. The van der Waals surface area contributed by atoms with Crippen LogP contribution in [0.25, 0.3) is 0 Å². The molecule has 0 saturated heterocycles. The van der Waals surface area contributed by atoms with Crippen molar-refractivity contribution in [1.82, 2.24) is 15.5 Å². The molecular formula is C24H35IN4O2. The number of hydrogen-bond donors (Lipinski definition) is 2. The second kappa shape index (κ2) is 13.9. The van der Waals surface area contributed by atoms with Gasteiger partial charge in [-0.05, 0) is 36.6 Å². The average Bonchev–Trinajstić information content (AvgIpc) is 2.74. The van der Waals surface area contributed by atoms with E-state index in [0.717, 1.165) is 29.4 Å². The molecule has 7 heteroatoms. The molecule has 0 saturated carbocycles. The Morgan fingerprint density at radius 3 is 2.35 bits per heavy atom. The van der Waals surface area contributed by atoms with Gasteiger partial charge in [0.05, 0.1) is 13.2 Å². The van der Waals surface area contributed by atoms with Crippen LogP contribution < -0.4 is 15.4 Å². The summed E-state index contributed by atoms with van der Waals surface area (Å²) in [6.07, 6.45) is 0. The van der Waals surface area contributed by atoms with Crippen molar-refractivity contribution in [2.75, 3.05) is 27.2 Å². The molecule has 2 aromatic carbocycles. The number of ether oxygens (including phenoxy) is 1. The third-order valence-corrected chi connectivity index (χ3v) is 4.36. The quantitative estimate of drug-likeness (QED) is 0.284. The van der Waals surface area contributed by atoms with Crippen LogP contribution in [0.4, 0.5) is 0 Å². The lowest BCUT2D eigenvalue weighted by molar-refractivity contribution is 0.0827. The fraction of sp³-hybridized carbons (Fsp3) is 0.417. The summed E-state index contributed by atoms with van der Waals surface area (Å²) in [6, 6.07) is 15.6. The third-order valence-electron chi connectivity index (χ3n) is 4.36. The minimum absolute atomic E-state index is 0. The van der Waals surface area contributed by atoms with Crippen LogP contribution >= 0.6 is 24.0 Å². The maximum atomic E-state index is 12.0. The van der Waals surface area contributed by atoms with Crippen LogP contribution in [0, 0.1) is 5.92 Å². The highest BCUT2D eigenvalue weighted by atomic mass is 127. The molecule has 0 fully saturated rings. The van der Waals surface area contributed by atoms with Gasteiger partial charge in [0.2, 0.25) is 0 Å². The van der Waals surface area contributed by atoms with Gasteiger partial charge in [-0.3, -0.25) is 4.79 Å². The Morgan fingerprint density at radius 1 is 1.06 bits per heavy atom. The minimum atomic E-state index is -0.00147. The second-order valence-electron chi connectivity index (χ2n) is 7.76. The van der Waals surface area contributed by atoms with E-state index in [1.165, 1.54) is 0 Å². The zero-order chi connectivity index (χ0) is 21.9. The van der Waals surface area contributed by atoms with Crippen molar-refractivity contribution < 1.29 is 9.53 Å². The van der Waals surface area contributed by atoms with Crippen molar-refractivity contribution in [1.29, 1.82) is 0 Å². The van der Waals surface area contributed by atoms with E-state index in [1.807, 2.05) is 49.4 Å². The van der Waals surface area contributed by atoms with Crippen molar-refractivity contribution in [2.24, 2.45) is 10.9 Å². The molecule has 0 spiro atoms. The van der Waals surface area contributed by atoms with Gasteiger partial charge in [0.1, 0.15) is 5.75 Å². The normalized spacial score (nSPS) is 11.0. The number of guanidine groups is 1. The van der Waals surface area contributed by atoms with Crippen molar-refractivity contribution in [3.05, 3.63) is 65.2 Å². The smallest absolute Gasteiger partial charge is 0.253 e. The maximum absolute atomic E-state index is 12.0. The minimum Gasteiger partial charge on any atom is -0.493 e. The zero-order valence-electron chi connectivity index (χ0n) is 19.1. The SMILES string of the molecule is CCNC(=NCc1ccc(C(=O)N(C)C)cc1)NCc1ccccc1OCC(C)C.I. The molecule has 0 heterocycles. The van der Waals surface area contributed by atoms with Gasteiger partial charge in [-0.1, -0.05) is 44.2 Å². The van der Waals surface area contributed by atoms with Crippen LogP contribution in [0.1, 0.15) is 42.3 Å². The van der Waals surface area contributed by atoms with Crippen molar-refractivity contribution in [2.45, 2.75) is 33.9 Å². The van der Waals surface area contributed by atoms with Gasteiger partial charge in [-0.2, -0.15) is 0 Å². The van der Waals surface area contributed by atoms with E-state index in [9.17, 15) is 4.79 Å². The molecule has 0 unspecified atom stereocenters. The van der Waals surface area contributed by atoms with Crippen LogP contribution in [0.15, 0.2) is 53.5 Å². The first-order valence-corrected chi connectivity index (χ1v) is 10.4. The highest BCUT2D eigenvalue weighted by Crippen LogP contribution is 2.18. The third kappa shape index (κ3) is 9.16. The molecule has 2 N–H and O–H groups in total. The number of nitrogens with zero attached hydrogens (tertiary/aromatic N) is 2. The van der Waals surface area contributed by atoms with Gasteiger partial charge in [-0.15, -0.1) is 24.0 Å². The number of hydrogen-bond acceptors (Lipinski definition) is 3. The van der Waals surface area contributed by atoms with E-state index < -0.39 is 0 Å². The summed E-state index contributed by atoms with van der Waals surface area (Å²) in [5.41, 5.74) is 2.81. The summed E-state index contributed by atoms with van der Waals surface area (Å²) in [5.74, 6) is 2.11. The molecule has 0 aromatic heterocycles. The molecule has 1 amide bonds. The number of carbonyl (C=O) groups is 1. The van der Waals surface area contributed by atoms with Crippen LogP contribution in [0.3, 0.4) is 0 Å². The number of amides is 1. The molecule has 0 aliphatic carbocycles. The lowest BCUT2D eigenvalue weighted by atomic mass is 10.1. The highest BCUT2D eigenvalue weighted by molar-refractivity contribution is 14.0. The Balaban J connectivity index is 0.00000480. The summed E-state index contributed by atoms with van der Waals surface area (Å²) < 4.78 is 5.94. The summed E-state index contributed by atoms with van der Waals surface area (Å²) >= 11 is 0. The molecule has 170 valence electrons. The van der Waals surface area contributed by atoms with E-state index in [2.05, 4.69) is 35.5 Å². The monoisotopic (exact) mass is 538 g/mol. The first-order valence-electron chi connectivity index (χ1n) is 10.4. The number of aliphatic imine (C=N–C) groups is 1. The van der Waals surface area contributed by atoms with Gasteiger partial charge in [0.25, 0.3) is 5.91 Å². The van der Waals surface area contributed by atoms with Gasteiger partial charge in [0, 0.05) is 38.3 Å². The number of halogens is 1. The average molecular weight is 538 g/mol. The zero-order valence-corrected chi connectivity index (χ0v) is 21.5. The lowest BCUT2D eigenvalue weighted by Crippen LogP contribution is -2.36. The number of carbonyl (C=O) groups excluding carboxylic acids is 1. The van der Waals surface area contributed by atoms with Gasteiger partial charge >= 0.3 is 0 Å². The molecule has 2 aromatic rings. The topological polar surface area (TPSA) is 66.0 Å². The molecule has 31 heavy (non-hydrogen) atoms. The molecule has 0 aliphatic rings. The van der Waals surface area contributed by atoms with Crippen molar-refractivity contribution in [3.63, 3.8) is 0 Å². The van der Waals surface area contributed by atoms with Crippen LogP contribution in [0.2, 0.25) is 0 Å². The molecule has 2 rings (SSSR count). The van der Waals surface area contributed by atoms with E-state index in [-0.39, 0.29) is 29.9 Å². The molecule has 0 radical (unpaired) electrons. The Hall–Kier alpha value is -2.29. The molecule has 6 nitrogen and oxygen atoms in total. The second-order valence-corrected chi connectivity index (χ2v) is 7.76. The summed E-state index contributed by atoms with van der Waals surface area (Å²) in [7, 11) is 3.50. The first kappa shape index (κ1) is 26.7. The van der Waals surface area contributed by atoms with Crippen LogP contribution in [-0.4, -0.2) is 44.0 Å². The Labute approximate surface area is 203 Å². The standard InChI is InChI=1S/C24H34N4O2.HI/c1-6-25-24(26-15-19-11-13-20(14-12-19)23(29)28(4)5)27-16-21-9-7-8-10-22(21)30-17-18(2)3;/h7-14,18H,6,15-17H2,1-5H3,(H2,25,26,27);1H. The highest BCUT2D eigenvalue weighted by Gasteiger charge is 2.08. The fourth-order valence-electron chi connectivity index (χ4n) is 2.75. The van der Waals surface area contributed by atoms with Crippen LogP contribution in [-0.2, 0) is 13.1 Å². The number of nitrogens with one attached hydrogen (secondary N) is 2. The van der Waals surface area contributed by atoms with E-state index in [1.54, 1.807) is 19.0 Å². The van der Waals surface area contributed by atoms with Crippen LogP contribution in [0.5, 0.6) is 5.75 Å². The first-order chi connectivity index (χ1) is 14.4. The molecule has 0 aliphatic heterocycles. The molecule has 0 bridgehead atoms. The predicted molar refractivity (Wildman–Crippen MR) is 138 cm³/mol. The number of rotatable bonds is 9. The van der Waals surface area contributed by atoms with E-state index in [0.29, 0.717) is 31.2 Å². The predicted octanol–water partition coefficient (Wildman–Crippen LogP) is 4.30. The van der Waals surface area contributed by atoms with Gasteiger partial charge < -0.3 is 20.3 Å². The summed E-state index contributed by atoms with van der Waals surface area (Å²) in [6.45, 7) is 8.93. The lowest BCUT2D eigenvalue weighted by Gasteiger charge is -2.15. The van der Waals surface area contributed by atoms with Crippen molar-refractivity contribution >= 4 is 35.8 Å².